The Morgan fingerprint density at radius 1 is 1.30 bits per heavy atom. The summed E-state index contributed by atoms with van der Waals surface area (Å²) in [7, 11) is 0. The molecule has 1 N–H and O–H groups in total. The van der Waals surface area contributed by atoms with Crippen LogP contribution in [0.15, 0.2) is 35.3 Å². The molecule has 0 spiro atoms. The quantitative estimate of drug-likeness (QED) is 0.890. The van der Waals surface area contributed by atoms with Crippen LogP contribution in [0, 0.1) is 0 Å². The third kappa shape index (κ3) is 4.33. The van der Waals surface area contributed by atoms with E-state index >= 15 is 0 Å². The number of halogens is 2. The van der Waals surface area contributed by atoms with Gasteiger partial charge in [0.05, 0.1) is 11.2 Å². The lowest BCUT2D eigenvalue weighted by atomic mass is 9.99. The summed E-state index contributed by atoms with van der Waals surface area (Å²) in [4.78, 5) is 23.9. The number of carbonyl (C=O) groups excluding carboxylic acids is 1. The van der Waals surface area contributed by atoms with Crippen LogP contribution in [-0.4, -0.2) is 15.7 Å². The molecule has 1 aromatic carbocycles. The van der Waals surface area contributed by atoms with Crippen LogP contribution in [0.1, 0.15) is 31.7 Å². The van der Waals surface area contributed by atoms with Crippen molar-refractivity contribution in [2.75, 3.05) is 5.32 Å². The van der Waals surface area contributed by atoms with Gasteiger partial charge in [0.2, 0.25) is 5.91 Å². The van der Waals surface area contributed by atoms with Crippen molar-refractivity contribution < 1.29 is 4.79 Å². The van der Waals surface area contributed by atoms with Crippen LogP contribution >= 0.6 is 23.2 Å². The lowest BCUT2D eigenvalue weighted by Gasteiger charge is -2.11. The van der Waals surface area contributed by atoms with Crippen LogP contribution in [0.25, 0.3) is 0 Å². The van der Waals surface area contributed by atoms with Gasteiger partial charge >= 0.3 is 0 Å². The molecule has 1 atom stereocenters. The van der Waals surface area contributed by atoms with Crippen LogP contribution in [0.4, 0.5) is 5.69 Å². The molecule has 0 saturated heterocycles. The van der Waals surface area contributed by atoms with Gasteiger partial charge in [0.15, 0.2) is 0 Å². The molecular formula is C16H17Cl2N3O2. The minimum Gasteiger partial charge on any atom is -0.324 e. The summed E-state index contributed by atoms with van der Waals surface area (Å²) < 4.78 is 0.969. The van der Waals surface area contributed by atoms with Gasteiger partial charge < -0.3 is 5.32 Å². The number of carbonyl (C=O) groups is 1. The normalized spacial score (nSPS) is 12.0. The minimum absolute atomic E-state index is 0.0638. The number of hydrogen-bond acceptors (Lipinski definition) is 3. The number of rotatable bonds is 5. The second-order valence-electron chi connectivity index (χ2n) is 5.25. The zero-order valence-corrected chi connectivity index (χ0v) is 14.4. The van der Waals surface area contributed by atoms with Gasteiger partial charge in [0.1, 0.15) is 11.6 Å². The molecule has 7 heteroatoms. The molecule has 0 radical (unpaired) electrons. The number of anilines is 1. The molecule has 0 aliphatic rings. The van der Waals surface area contributed by atoms with E-state index in [0.29, 0.717) is 11.6 Å². The standard InChI is InChI=1S/C16H17Cl2N3O2/c1-3-10(2)11-4-6-12(7-5-11)20-14(22)9-21-16(23)15(18)13(17)8-19-21/h4-8,10H,3,9H2,1-2H3,(H,20,22)/t10-/m1/s1. The summed E-state index contributed by atoms with van der Waals surface area (Å²) in [6.45, 7) is 4.04. The van der Waals surface area contributed by atoms with E-state index in [1.807, 2.05) is 24.3 Å². The van der Waals surface area contributed by atoms with Crippen molar-refractivity contribution in [2.45, 2.75) is 32.7 Å². The number of benzene rings is 1. The SMILES string of the molecule is CC[C@@H](C)c1ccc(NC(=O)Cn2ncc(Cl)c(Cl)c2=O)cc1. The number of nitrogens with one attached hydrogen (secondary N) is 1. The van der Waals surface area contributed by atoms with Crippen LogP contribution in [0.5, 0.6) is 0 Å². The fraction of sp³-hybridized carbons (Fsp3) is 0.312. The molecule has 2 aromatic rings. The number of hydrogen-bond donors (Lipinski definition) is 1. The molecule has 0 bridgehead atoms. The average molecular weight is 354 g/mol. The van der Waals surface area contributed by atoms with E-state index in [1.54, 1.807) is 0 Å². The topological polar surface area (TPSA) is 64.0 Å². The Bertz CT molecular complexity index is 757. The average Bonchev–Trinajstić information content (AvgIpc) is 2.55. The molecule has 0 saturated carbocycles. The Hall–Kier alpha value is -1.85. The Balaban J connectivity index is 2.05. The summed E-state index contributed by atoms with van der Waals surface area (Å²) >= 11 is 11.4. The number of aromatic nitrogens is 2. The van der Waals surface area contributed by atoms with Crippen molar-refractivity contribution in [3.05, 3.63) is 56.4 Å². The van der Waals surface area contributed by atoms with Gasteiger partial charge in [0.25, 0.3) is 5.56 Å². The first-order valence-corrected chi connectivity index (χ1v) is 7.99. The van der Waals surface area contributed by atoms with E-state index < -0.39 is 5.56 Å². The maximum absolute atomic E-state index is 12.0. The van der Waals surface area contributed by atoms with Gasteiger partial charge in [0, 0.05) is 5.69 Å². The highest BCUT2D eigenvalue weighted by atomic mass is 35.5. The summed E-state index contributed by atoms with van der Waals surface area (Å²) in [5.74, 6) is 0.105. The first kappa shape index (κ1) is 17.5. The fourth-order valence-electron chi connectivity index (χ4n) is 2.02. The lowest BCUT2D eigenvalue weighted by molar-refractivity contribution is -0.117. The Morgan fingerprint density at radius 3 is 2.57 bits per heavy atom. The highest BCUT2D eigenvalue weighted by molar-refractivity contribution is 6.41. The molecule has 0 unspecified atom stereocenters. The molecule has 122 valence electrons. The first-order chi connectivity index (χ1) is 10.9. The summed E-state index contributed by atoms with van der Waals surface area (Å²) in [6.07, 6.45) is 2.29. The van der Waals surface area contributed by atoms with Gasteiger partial charge in [-0.2, -0.15) is 5.10 Å². The predicted octanol–water partition coefficient (Wildman–Crippen LogP) is 3.70. The van der Waals surface area contributed by atoms with E-state index in [4.69, 9.17) is 23.2 Å². The van der Waals surface area contributed by atoms with Crippen molar-refractivity contribution in [3.8, 4) is 0 Å². The van der Waals surface area contributed by atoms with Gasteiger partial charge in [-0.25, -0.2) is 4.68 Å². The largest absolute Gasteiger partial charge is 0.324 e. The van der Waals surface area contributed by atoms with E-state index in [0.717, 1.165) is 11.1 Å². The summed E-state index contributed by atoms with van der Waals surface area (Å²) in [5, 5.41) is 6.43. The van der Waals surface area contributed by atoms with E-state index in [2.05, 4.69) is 24.3 Å². The number of nitrogens with zero attached hydrogens (tertiary/aromatic N) is 2. The molecule has 1 heterocycles. The summed E-state index contributed by atoms with van der Waals surface area (Å²) in [6, 6.07) is 7.63. The van der Waals surface area contributed by atoms with E-state index in [9.17, 15) is 9.59 Å². The maximum Gasteiger partial charge on any atom is 0.287 e. The maximum atomic E-state index is 12.0. The minimum atomic E-state index is -0.596. The zero-order valence-electron chi connectivity index (χ0n) is 12.8. The fourth-order valence-corrected chi connectivity index (χ4v) is 2.30. The van der Waals surface area contributed by atoms with E-state index in [1.165, 1.54) is 11.8 Å². The molecule has 2 rings (SSSR count). The molecule has 0 aliphatic carbocycles. The molecule has 0 fully saturated rings. The highest BCUT2D eigenvalue weighted by Crippen LogP contribution is 2.20. The van der Waals surface area contributed by atoms with Crippen molar-refractivity contribution in [3.63, 3.8) is 0 Å². The Morgan fingerprint density at radius 2 is 1.96 bits per heavy atom. The molecule has 23 heavy (non-hydrogen) atoms. The van der Waals surface area contributed by atoms with Crippen LogP contribution in [-0.2, 0) is 11.3 Å². The van der Waals surface area contributed by atoms with Crippen LogP contribution in [0.2, 0.25) is 10.0 Å². The lowest BCUT2D eigenvalue weighted by Crippen LogP contribution is -2.29. The Labute approximate surface area is 144 Å². The number of amides is 1. The van der Waals surface area contributed by atoms with Gasteiger partial charge in [-0.15, -0.1) is 0 Å². The third-order valence-corrected chi connectivity index (χ3v) is 4.36. The predicted molar refractivity (Wildman–Crippen MR) is 92.3 cm³/mol. The van der Waals surface area contributed by atoms with Gasteiger partial charge in [-0.1, -0.05) is 49.2 Å². The smallest absolute Gasteiger partial charge is 0.287 e. The molecule has 1 aromatic heterocycles. The Kier molecular flexibility index (Phi) is 5.80. The van der Waals surface area contributed by atoms with Crippen molar-refractivity contribution in [2.24, 2.45) is 0 Å². The highest BCUT2D eigenvalue weighted by Gasteiger charge is 2.11. The van der Waals surface area contributed by atoms with E-state index in [-0.39, 0.29) is 22.5 Å². The van der Waals surface area contributed by atoms with Crippen LogP contribution < -0.4 is 10.9 Å². The first-order valence-electron chi connectivity index (χ1n) is 7.23. The van der Waals surface area contributed by atoms with Gasteiger partial charge in [-0.05, 0) is 30.0 Å². The zero-order chi connectivity index (χ0) is 17.0. The summed E-state index contributed by atoms with van der Waals surface area (Å²) in [5.41, 5.74) is 1.28. The second kappa shape index (κ2) is 7.62. The second-order valence-corrected chi connectivity index (χ2v) is 6.03. The molecule has 1 amide bonds. The van der Waals surface area contributed by atoms with Crippen molar-refractivity contribution in [1.29, 1.82) is 0 Å². The monoisotopic (exact) mass is 353 g/mol. The van der Waals surface area contributed by atoms with Gasteiger partial charge in [-0.3, -0.25) is 9.59 Å². The molecule has 5 nitrogen and oxygen atoms in total. The third-order valence-electron chi connectivity index (χ3n) is 3.61. The molecular weight excluding hydrogens is 337 g/mol. The van der Waals surface area contributed by atoms with Crippen molar-refractivity contribution in [1.82, 2.24) is 9.78 Å². The van der Waals surface area contributed by atoms with Crippen molar-refractivity contribution >= 4 is 34.8 Å². The molecule has 0 aliphatic heterocycles. The van der Waals surface area contributed by atoms with Crippen LogP contribution in [0.3, 0.4) is 0 Å².